The third kappa shape index (κ3) is 18.1. The Balaban J connectivity index is -0.00000000333. The van der Waals surface area contributed by atoms with Gasteiger partial charge in [0.1, 0.15) is 0 Å². The molecule has 0 saturated carbocycles. The van der Waals surface area contributed by atoms with Crippen molar-refractivity contribution >= 4 is 81.1 Å². The molecule has 0 aliphatic carbocycles. The van der Waals surface area contributed by atoms with Crippen LogP contribution in [0.15, 0.2) is 0 Å². The molecule has 0 atom stereocenters. The summed E-state index contributed by atoms with van der Waals surface area (Å²) in [6, 6.07) is 0. The minimum Gasteiger partial charge on any atom is -1.00 e. The zero-order chi connectivity index (χ0) is 2.71. The molecule has 5 heavy (non-hydrogen) atoms. The van der Waals surface area contributed by atoms with E-state index in [1.54, 1.807) is 0 Å². The van der Waals surface area contributed by atoms with E-state index in [4.69, 9.17) is 0 Å². The van der Waals surface area contributed by atoms with E-state index < -0.39 is 0 Å². The molecule has 0 nitrogen and oxygen atoms in total. The van der Waals surface area contributed by atoms with Gasteiger partial charge in [0.15, 0.2) is 0 Å². The molecule has 0 aromatic heterocycles. The first-order valence-electron chi connectivity index (χ1n) is 0.378. The Labute approximate surface area is 103 Å². The molecule has 0 aromatic carbocycles. The summed E-state index contributed by atoms with van der Waals surface area (Å²) in [5.41, 5.74) is 0. The van der Waals surface area contributed by atoms with Crippen molar-refractivity contribution in [2.75, 3.05) is 0 Å². The fraction of sp³-hybridized carbons (Fsp3) is 0. The predicted molar refractivity (Wildman–Crippen MR) is 31.6 cm³/mol. The fourth-order valence-electron chi connectivity index (χ4n) is 0. The van der Waals surface area contributed by atoms with Crippen LogP contribution >= 0.6 is 24.0 Å². The third-order valence-corrected chi connectivity index (χ3v) is 0. The van der Waals surface area contributed by atoms with Crippen LogP contribution in [0.1, 0.15) is 2.85 Å². The van der Waals surface area contributed by atoms with E-state index in [1.807, 2.05) is 0 Å². The summed E-state index contributed by atoms with van der Waals surface area (Å²) in [5, 5.41) is 0. The van der Waals surface area contributed by atoms with Gasteiger partial charge in [-0.05, 0) is 0 Å². The van der Waals surface area contributed by atoms with Gasteiger partial charge < -0.3 is 2.85 Å². The van der Waals surface area contributed by atoms with Crippen LogP contribution < -0.4 is 0 Å². The molecule has 0 spiro atoms. The van der Waals surface area contributed by atoms with Crippen LogP contribution in [0.5, 0.6) is 0 Å². The first kappa shape index (κ1) is 15.9. The van der Waals surface area contributed by atoms with Crippen molar-refractivity contribution in [1.82, 2.24) is 0 Å². The molecule has 0 unspecified atom stereocenters. The van der Waals surface area contributed by atoms with Gasteiger partial charge in [-0.3, -0.25) is 0 Å². The third-order valence-electron chi connectivity index (χ3n) is 0. The Bertz CT molecular complexity index is 15.7. The summed E-state index contributed by atoms with van der Waals surface area (Å²) in [6.45, 7) is 0. The van der Waals surface area contributed by atoms with Gasteiger partial charge in [-0.15, -0.1) is 0 Å². The molecule has 0 aliphatic rings. The zero-order valence-corrected chi connectivity index (χ0v) is 13.3. The van der Waals surface area contributed by atoms with Gasteiger partial charge >= 0.3 is 81.1 Å². The van der Waals surface area contributed by atoms with E-state index in [-0.39, 0.29) is 81.7 Å². The van der Waals surface area contributed by atoms with E-state index >= 15 is 0 Å². The van der Waals surface area contributed by atoms with Crippen molar-refractivity contribution in [3.8, 4) is 0 Å². The fourth-order valence-corrected chi connectivity index (χ4v) is 0. The van der Waals surface area contributed by atoms with Crippen LogP contribution in [-0.2, 0) is 21.7 Å². The van der Waals surface area contributed by atoms with E-state index in [9.17, 15) is 0 Å². The Morgan fingerprint density at radius 3 is 1.40 bits per heavy atom. The van der Waals surface area contributed by atoms with Crippen LogP contribution in [0.4, 0.5) is 0 Å². The van der Waals surface area contributed by atoms with Crippen LogP contribution in [0.2, 0.25) is 0 Å². The molecule has 0 fully saturated rings. The average molecular weight is 457 g/mol. The molecule has 0 aromatic rings. The molecule has 0 bridgehead atoms. The van der Waals surface area contributed by atoms with E-state index in [2.05, 4.69) is 24.0 Å². The predicted octanol–water partition coefficient (Wildman–Crippen LogP) is 1.15. The van der Waals surface area contributed by atoms with Crippen molar-refractivity contribution in [2.24, 2.45) is 0 Å². The summed E-state index contributed by atoms with van der Waals surface area (Å²) >= 11 is 6.22. The molecular weight excluding hydrogens is 455 g/mol. The van der Waals surface area contributed by atoms with Crippen molar-refractivity contribution < 1.29 is 24.6 Å². The summed E-state index contributed by atoms with van der Waals surface area (Å²) in [6.07, 6.45) is 0. The maximum Gasteiger partial charge on any atom is 2.00 e. The van der Waals surface area contributed by atoms with Gasteiger partial charge in [-0.25, -0.2) is 0 Å². The van der Waals surface area contributed by atoms with Crippen LogP contribution in [-0.4, -0.2) is 57.2 Å². The monoisotopic (exact) mass is 456 g/mol. The van der Waals surface area contributed by atoms with Gasteiger partial charge in [-0.1, -0.05) is 0 Å². The number of hydrogen-bond acceptors (Lipinski definition) is 0. The van der Waals surface area contributed by atoms with Gasteiger partial charge in [0.05, 0.1) is 0 Å². The van der Waals surface area contributed by atoms with Gasteiger partial charge in [-0.2, -0.15) is 0 Å². The Kier molecular flexibility index (Phi) is 49.9. The molecule has 2 radical (unpaired) electrons. The zero-order valence-electron chi connectivity index (χ0n) is 4.46. The van der Waals surface area contributed by atoms with E-state index in [0.717, 1.165) is 0 Å². The number of rotatable bonds is 0. The molecule has 5 heteroatoms. The molecule has 0 rings (SSSR count). The van der Waals surface area contributed by atoms with Gasteiger partial charge in [0.2, 0.25) is 0 Å². The number of hydrogen-bond donors (Lipinski definition) is 0. The second-order valence-corrected chi connectivity index (χ2v) is 16.9. The topological polar surface area (TPSA) is 0 Å². The summed E-state index contributed by atoms with van der Waals surface area (Å²) in [5.74, 6) is 0. The molecule has 0 saturated heterocycles. The van der Waals surface area contributed by atoms with Crippen molar-refractivity contribution in [3.63, 3.8) is 0 Å². The van der Waals surface area contributed by atoms with Crippen molar-refractivity contribution in [2.45, 2.75) is 0 Å². The standard InChI is InChI=1S/2BrH.Ca.Pb.Ti.2H/h2*1H;;;;;/q;;2*+2;;2*-1/p-2. The average Bonchev–Trinajstić information content (AvgIpc) is 0.918. The van der Waals surface area contributed by atoms with Crippen molar-refractivity contribution in [3.05, 3.63) is 0 Å². The summed E-state index contributed by atoms with van der Waals surface area (Å²) in [4.78, 5) is 0. The van der Waals surface area contributed by atoms with Gasteiger partial charge in [0.25, 0.3) is 0 Å². The van der Waals surface area contributed by atoms with E-state index in [0.29, 0.717) is 0 Å². The van der Waals surface area contributed by atoms with Crippen LogP contribution in [0.3, 0.4) is 0 Å². The van der Waals surface area contributed by atoms with Crippen molar-refractivity contribution in [1.29, 1.82) is 0 Å². The molecule has 0 aliphatic heterocycles. The second kappa shape index (κ2) is 15.7. The maximum atomic E-state index is 3.26. The molecular formula is H2Br2CaPbTi. The van der Waals surface area contributed by atoms with Crippen LogP contribution in [0, 0.1) is 0 Å². The molecule has 0 heterocycles. The molecule has 0 amide bonds. The second-order valence-electron chi connectivity index (χ2n) is 0.0714. The summed E-state index contributed by atoms with van der Waals surface area (Å²) in [7, 11) is 0. The van der Waals surface area contributed by atoms with E-state index in [1.165, 1.54) is 0 Å². The Morgan fingerprint density at radius 2 is 1.40 bits per heavy atom. The normalized spacial score (nSPS) is 3.60. The minimum absolute atomic E-state index is 0. The summed E-state index contributed by atoms with van der Waals surface area (Å²) < 4.78 is 0. The Hall–Kier alpha value is 3.86. The smallest absolute Gasteiger partial charge is 1.00 e. The largest absolute Gasteiger partial charge is 2.00 e. The van der Waals surface area contributed by atoms with Crippen LogP contribution in [0.25, 0.3) is 0 Å². The van der Waals surface area contributed by atoms with Gasteiger partial charge in [0, 0.05) is 21.7 Å². The first-order chi connectivity index (χ1) is 1.41. The quantitative estimate of drug-likeness (QED) is 0.480. The first-order valence-corrected chi connectivity index (χ1v) is 17.2. The molecule has 0 N–H and O–H groups in total. The minimum atomic E-state index is -0.292. The maximum absolute atomic E-state index is 3.26. The SMILES string of the molecule is [Br][Pb][Br].[Ca+2].[H-].[H-].[Ti]. The Morgan fingerprint density at radius 1 is 1.40 bits per heavy atom. The molecule has 26 valence electrons. The number of halogens is 2.